The molecule has 3 N–H and O–H groups in total. The number of nitrogens with two attached hydrogens (primary N) is 1. The van der Waals surface area contributed by atoms with E-state index in [0.29, 0.717) is 12.3 Å². The molecule has 0 unspecified atom stereocenters. The number of hydrogen-bond acceptors (Lipinski definition) is 3. The Hall–Kier alpha value is -1.00. The van der Waals surface area contributed by atoms with Crippen molar-refractivity contribution < 1.29 is 4.79 Å². The van der Waals surface area contributed by atoms with Gasteiger partial charge in [0, 0.05) is 23.6 Å². The third kappa shape index (κ3) is 6.67. The van der Waals surface area contributed by atoms with Crippen LogP contribution in [0.2, 0.25) is 0 Å². The maximum Gasteiger partial charge on any atom is 0.218 e. The average Bonchev–Trinajstić information content (AvgIpc) is 2.28. The van der Waals surface area contributed by atoms with Gasteiger partial charge < -0.3 is 11.1 Å². The molecular weight excluding hydrogens is 244 g/mol. The Morgan fingerprint density at radius 2 is 2.22 bits per heavy atom. The summed E-state index contributed by atoms with van der Waals surface area (Å²) in [7, 11) is 0. The highest BCUT2D eigenvalue weighted by Gasteiger charge is 2.00. The molecule has 1 rings (SSSR count). The van der Waals surface area contributed by atoms with Crippen molar-refractivity contribution in [2.45, 2.75) is 31.7 Å². The van der Waals surface area contributed by atoms with Gasteiger partial charge in [0.2, 0.25) is 5.91 Å². The molecule has 1 aromatic carbocycles. The SMILES string of the molecule is CC(C)CNCc1cccc(SCCC(N)=O)c1. The van der Waals surface area contributed by atoms with Gasteiger partial charge in [-0.3, -0.25) is 4.79 Å². The van der Waals surface area contributed by atoms with Crippen LogP contribution in [0.3, 0.4) is 0 Å². The third-order valence-corrected chi connectivity index (χ3v) is 3.39. The molecule has 0 saturated carbocycles. The molecule has 0 atom stereocenters. The summed E-state index contributed by atoms with van der Waals surface area (Å²) < 4.78 is 0. The molecule has 18 heavy (non-hydrogen) atoms. The maximum atomic E-state index is 10.7. The fourth-order valence-corrected chi connectivity index (χ4v) is 2.47. The van der Waals surface area contributed by atoms with Crippen molar-refractivity contribution in [2.24, 2.45) is 11.7 Å². The zero-order valence-electron chi connectivity index (χ0n) is 11.1. The van der Waals surface area contributed by atoms with Crippen molar-refractivity contribution in [2.75, 3.05) is 12.3 Å². The average molecular weight is 266 g/mol. The third-order valence-electron chi connectivity index (χ3n) is 2.40. The lowest BCUT2D eigenvalue weighted by Crippen LogP contribution is -2.18. The molecule has 0 spiro atoms. The van der Waals surface area contributed by atoms with E-state index in [2.05, 4.69) is 43.4 Å². The van der Waals surface area contributed by atoms with Gasteiger partial charge >= 0.3 is 0 Å². The van der Waals surface area contributed by atoms with Crippen molar-refractivity contribution >= 4 is 17.7 Å². The molecule has 0 bridgehead atoms. The van der Waals surface area contributed by atoms with Crippen LogP contribution in [0.4, 0.5) is 0 Å². The van der Waals surface area contributed by atoms with Gasteiger partial charge in [-0.05, 0) is 30.2 Å². The number of amides is 1. The normalized spacial score (nSPS) is 10.8. The number of primary amides is 1. The first-order chi connectivity index (χ1) is 8.58. The van der Waals surface area contributed by atoms with Crippen LogP contribution >= 0.6 is 11.8 Å². The van der Waals surface area contributed by atoms with Gasteiger partial charge in [-0.1, -0.05) is 26.0 Å². The molecule has 0 radical (unpaired) electrons. The summed E-state index contributed by atoms with van der Waals surface area (Å²) in [5.74, 6) is 1.17. The molecule has 0 aliphatic heterocycles. The quantitative estimate of drug-likeness (QED) is 0.710. The van der Waals surface area contributed by atoms with Crippen LogP contribution in [0, 0.1) is 5.92 Å². The second-order valence-electron chi connectivity index (χ2n) is 4.74. The molecule has 0 fully saturated rings. The van der Waals surface area contributed by atoms with E-state index in [1.807, 2.05) is 0 Å². The second-order valence-corrected chi connectivity index (χ2v) is 5.91. The molecule has 0 saturated heterocycles. The number of carbonyl (C=O) groups is 1. The minimum Gasteiger partial charge on any atom is -0.370 e. The van der Waals surface area contributed by atoms with Gasteiger partial charge in [0.05, 0.1) is 0 Å². The van der Waals surface area contributed by atoms with E-state index in [9.17, 15) is 4.79 Å². The van der Waals surface area contributed by atoms with Crippen LogP contribution < -0.4 is 11.1 Å². The van der Waals surface area contributed by atoms with E-state index in [0.717, 1.165) is 18.8 Å². The number of rotatable bonds is 8. The van der Waals surface area contributed by atoms with Gasteiger partial charge in [0.1, 0.15) is 0 Å². The van der Waals surface area contributed by atoms with E-state index >= 15 is 0 Å². The molecule has 0 heterocycles. The summed E-state index contributed by atoms with van der Waals surface area (Å²) in [6.07, 6.45) is 0.431. The van der Waals surface area contributed by atoms with E-state index in [1.165, 1.54) is 10.5 Å². The Kier molecular flexibility index (Phi) is 6.83. The molecular formula is C14H22N2OS. The molecule has 100 valence electrons. The zero-order valence-corrected chi connectivity index (χ0v) is 11.9. The first kappa shape index (κ1) is 15.1. The van der Waals surface area contributed by atoms with E-state index < -0.39 is 0 Å². The van der Waals surface area contributed by atoms with E-state index in [-0.39, 0.29) is 5.91 Å². The van der Waals surface area contributed by atoms with Crippen LogP contribution in [0.5, 0.6) is 0 Å². The van der Waals surface area contributed by atoms with Crippen molar-refractivity contribution in [1.82, 2.24) is 5.32 Å². The highest BCUT2D eigenvalue weighted by molar-refractivity contribution is 7.99. The van der Waals surface area contributed by atoms with Crippen LogP contribution in [0.1, 0.15) is 25.8 Å². The fraction of sp³-hybridized carbons (Fsp3) is 0.500. The van der Waals surface area contributed by atoms with Gasteiger partial charge in [0.25, 0.3) is 0 Å². The number of hydrogen-bond donors (Lipinski definition) is 2. The topological polar surface area (TPSA) is 55.1 Å². The van der Waals surface area contributed by atoms with E-state index in [4.69, 9.17) is 5.73 Å². The largest absolute Gasteiger partial charge is 0.370 e. The lowest BCUT2D eigenvalue weighted by Gasteiger charge is -2.08. The van der Waals surface area contributed by atoms with Gasteiger partial charge in [-0.2, -0.15) is 0 Å². The number of thioether (sulfide) groups is 1. The molecule has 4 heteroatoms. The number of benzene rings is 1. The van der Waals surface area contributed by atoms with Crippen LogP contribution in [-0.2, 0) is 11.3 Å². The fourth-order valence-electron chi connectivity index (χ4n) is 1.52. The van der Waals surface area contributed by atoms with Gasteiger partial charge in [-0.15, -0.1) is 11.8 Å². The molecule has 3 nitrogen and oxygen atoms in total. The highest BCUT2D eigenvalue weighted by atomic mass is 32.2. The maximum absolute atomic E-state index is 10.7. The molecule has 0 aromatic heterocycles. The number of carbonyl (C=O) groups excluding carboxylic acids is 1. The lowest BCUT2D eigenvalue weighted by atomic mass is 10.2. The standard InChI is InChI=1S/C14H22N2OS/c1-11(2)9-16-10-12-4-3-5-13(8-12)18-7-6-14(15)17/h3-5,8,11,16H,6-7,9-10H2,1-2H3,(H2,15,17). The van der Waals surface area contributed by atoms with Crippen LogP contribution in [-0.4, -0.2) is 18.2 Å². The minimum atomic E-state index is -0.239. The van der Waals surface area contributed by atoms with Crippen molar-refractivity contribution in [3.63, 3.8) is 0 Å². The van der Waals surface area contributed by atoms with Gasteiger partial charge in [-0.25, -0.2) is 0 Å². The Morgan fingerprint density at radius 1 is 1.44 bits per heavy atom. The van der Waals surface area contributed by atoms with Crippen molar-refractivity contribution in [3.8, 4) is 0 Å². The second kappa shape index (κ2) is 8.16. The Balaban J connectivity index is 2.39. The smallest absolute Gasteiger partial charge is 0.218 e. The minimum absolute atomic E-state index is 0.239. The molecule has 0 aliphatic carbocycles. The first-order valence-corrected chi connectivity index (χ1v) is 7.27. The van der Waals surface area contributed by atoms with E-state index in [1.54, 1.807) is 11.8 Å². The first-order valence-electron chi connectivity index (χ1n) is 6.28. The summed E-state index contributed by atoms with van der Waals surface area (Å²) in [6.45, 7) is 6.31. The molecule has 0 aliphatic rings. The van der Waals surface area contributed by atoms with Crippen molar-refractivity contribution in [3.05, 3.63) is 29.8 Å². The summed E-state index contributed by atoms with van der Waals surface area (Å²) >= 11 is 1.67. The Morgan fingerprint density at radius 3 is 2.89 bits per heavy atom. The molecule has 1 amide bonds. The van der Waals surface area contributed by atoms with Crippen LogP contribution in [0.25, 0.3) is 0 Å². The highest BCUT2D eigenvalue weighted by Crippen LogP contribution is 2.19. The van der Waals surface area contributed by atoms with Gasteiger partial charge in [0.15, 0.2) is 0 Å². The predicted octanol–water partition coefficient (Wildman–Crippen LogP) is 2.40. The summed E-state index contributed by atoms with van der Waals surface area (Å²) in [4.78, 5) is 11.9. The molecule has 1 aromatic rings. The summed E-state index contributed by atoms with van der Waals surface area (Å²) in [5, 5.41) is 3.42. The predicted molar refractivity (Wildman–Crippen MR) is 77.5 cm³/mol. The Labute approximate surface area is 114 Å². The summed E-state index contributed by atoms with van der Waals surface area (Å²) in [6, 6.07) is 8.40. The lowest BCUT2D eigenvalue weighted by molar-refractivity contribution is -0.117. The number of nitrogens with one attached hydrogen (secondary N) is 1. The summed E-state index contributed by atoms with van der Waals surface area (Å²) in [5.41, 5.74) is 6.40. The van der Waals surface area contributed by atoms with Crippen LogP contribution in [0.15, 0.2) is 29.2 Å². The Bertz CT molecular complexity index is 380. The monoisotopic (exact) mass is 266 g/mol. The zero-order chi connectivity index (χ0) is 13.4. The van der Waals surface area contributed by atoms with Crippen molar-refractivity contribution in [1.29, 1.82) is 0 Å².